The molecule has 0 unspecified atom stereocenters. The lowest BCUT2D eigenvalue weighted by Crippen LogP contribution is -2.22. The number of aromatic nitrogens is 3. The molecule has 0 aliphatic heterocycles. The molecule has 4 aromatic rings. The maximum absolute atomic E-state index is 14.7. The summed E-state index contributed by atoms with van der Waals surface area (Å²) in [5.74, 6) is -0.488. The van der Waals surface area contributed by atoms with Crippen LogP contribution in [0.2, 0.25) is 5.02 Å². The Kier molecular flexibility index (Phi) is 6.78. The quantitative estimate of drug-likeness (QED) is 0.287. The van der Waals surface area contributed by atoms with E-state index in [2.05, 4.69) is 25.9 Å². The third-order valence-electron chi connectivity index (χ3n) is 5.57. The highest BCUT2D eigenvalue weighted by Gasteiger charge is 2.31. The SMILES string of the molecule is CNc1ncc2cc(-c3cc(NC(=O)Nc4cc(C(F)(F)F)ccc4Cl)c(F)cc3C)c(=O)n(C)c2n1. The average Bonchev–Trinajstić information content (AvgIpc) is 2.83. The molecule has 0 aliphatic carbocycles. The van der Waals surface area contributed by atoms with Gasteiger partial charge in [-0.3, -0.25) is 9.36 Å². The normalized spacial score (nSPS) is 11.5. The molecule has 8 nitrogen and oxygen atoms in total. The fraction of sp³-hybridized carbons (Fsp3) is 0.167. The molecular formula is C24H19ClF4N6O2. The second-order valence-electron chi connectivity index (χ2n) is 8.06. The number of aryl methyl sites for hydroxylation is 2. The van der Waals surface area contributed by atoms with Crippen molar-refractivity contribution in [2.45, 2.75) is 13.1 Å². The van der Waals surface area contributed by atoms with E-state index in [1.54, 1.807) is 20.0 Å². The summed E-state index contributed by atoms with van der Waals surface area (Å²) in [7, 11) is 3.17. The first-order chi connectivity index (χ1) is 17.4. The van der Waals surface area contributed by atoms with Gasteiger partial charge in [0.1, 0.15) is 11.5 Å². The minimum Gasteiger partial charge on any atom is -0.357 e. The Morgan fingerprint density at radius 1 is 1.05 bits per heavy atom. The highest BCUT2D eigenvalue weighted by molar-refractivity contribution is 6.33. The van der Waals surface area contributed by atoms with Gasteiger partial charge in [-0.15, -0.1) is 0 Å². The smallest absolute Gasteiger partial charge is 0.357 e. The Labute approximate surface area is 212 Å². The first-order valence-electron chi connectivity index (χ1n) is 10.7. The van der Waals surface area contributed by atoms with E-state index in [0.29, 0.717) is 34.2 Å². The lowest BCUT2D eigenvalue weighted by atomic mass is 9.99. The van der Waals surface area contributed by atoms with Crippen molar-refractivity contribution in [1.29, 1.82) is 0 Å². The van der Waals surface area contributed by atoms with Crippen molar-refractivity contribution < 1.29 is 22.4 Å². The van der Waals surface area contributed by atoms with Crippen molar-refractivity contribution in [3.8, 4) is 11.1 Å². The van der Waals surface area contributed by atoms with Gasteiger partial charge in [-0.25, -0.2) is 14.2 Å². The molecule has 0 fully saturated rings. The number of urea groups is 1. The van der Waals surface area contributed by atoms with E-state index < -0.39 is 29.1 Å². The Bertz CT molecular complexity index is 1600. The van der Waals surface area contributed by atoms with Gasteiger partial charge in [0.2, 0.25) is 5.95 Å². The number of nitrogens with zero attached hydrogens (tertiary/aromatic N) is 3. The van der Waals surface area contributed by atoms with Crippen molar-refractivity contribution >= 4 is 46.0 Å². The number of fused-ring (bicyclic) bond motifs is 1. The molecule has 0 atom stereocenters. The molecule has 37 heavy (non-hydrogen) atoms. The molecule has 0 radical (unpaired) electrons. The topological polar surface area (TPSA) is 101 Å². The second kappa shape index (κ2) is 9.69. The number of carbonyl (C=O) groups excluding carboxylic acids is 1. The van der Waals surface area contributed by atoms with Gasteiger partial charge in [0.25, 0.3) is 5.56 Å². The molecule has 13 heteroatoms. The van der Waals surface area contributed by atoms with Crippen LogP contribution in [0, 0.1) is 12.7 Å². The minimum atomic E-state index is -4.65. The molecule has 0 saturated heterocycles. The van der Waals surface area contributed by atoms with E-state index >= 15 is 0 Å². The van der Waals surface area contributed by atoms with E-state index in [1.807, 2.05) is 0 Å². The van der Waals surface area contributed by atoms with Crippen LogP contribution in [0.15, 0.2) is 47.4 Å². The number of hydrogen-bond donors (Lipinski definition) is 3. The maximum atomic E-state index is 14.7. The fourth-order valence-electron chi connectivity index (χ4n) is 3.69. The van der Waals surface area contributed by atoms with Crippen LogP contribution in [0.4, 0.5) is 39.7 Å². The monoisotopic (exact) mass is 534 g/mol. The largest absolute Gasteiger partial charge is 0.416 e. The summed E-state index contributed by atoms with van der Waals surface area (Å²) in [4.78, 5) is 34.1. The van der Waals surface area contributed by atoms with Gasteiger partial charge in [0.05, 0.1) is 22.0 Å². The first-order valence-corrected chi connectivity index (χ1v) is 11.1. The highest BCUT2D eigenvalue weighted by Crippen LogP contribution is 2.34. The standard InChI is InChI=1S/C24H19ClF4N6O2/c1-11-6-17(26)19(33-23(37)32-18-8-13(24(27,28)29)4-5-16(18)25)9-14(11)15-7-12-10-31-22(30-2)34-20(12)35(3)21(15)36/h4-10H,1-3H3,(H,30,31,34)(H2,32,33,37). The van der Waals surface area contributed by atoms with Crippen LogP contribution in [0.5, 0.6) is 0 Å². The number of alkyl halides is 3. The lowest BCUT2D eigenvalue weighted by molar-refractivity contribution is -0.137. The molecule has 192 valence electrons. The first kappa shape index (κ1) is 25.9. The summed E-state index contributed by atoms with van der Waals surface area (Å²) in [6.07, 6.45) is -3.12. The Morgan fingerprint density at radius 2 is 1.76 bits per heavy atom. The zero-order valence-electron chi connectivity index (χ0n) is 19.6. The fourth-order valence-corrected chi connectivity index (χ4v) is 3.86. The van der Waals surface area contributed by atoms with Gasteiger partial charge in [-0.2, -0.15) is 18.2 Å². The Balaban J connectivity index is 1.70. The summed E-state index contributed by atoms with van der Waals surface area (Å²) in [6.45, 7) is 1.59. The van der Waals surface area contributed by atoms with Gasteiger partial charge in [0.15, 0.2) is 0 Å². The van der Waals surface area contributed by atoms with E-state index in [4.69, 9.17) is 11.6 Å². The molecule has 0 saturated carbocycles. The summed E-state index contributed by atoms with van der Waals surface area (Å²) >= 11 is 5.91. The van der Waals surface area contributed by atoms with Gasteiger partial charge < -0.3 is 16.0 Å². The second-order valence-corrected chi connectivity index (χ2v) is 8.47. The molecule has 0 aliphatic rings. The molecule has 2 amide bonds. The zero-order chi connectivity index (χ0) is 27.1. The van der Waals surface area contributed by atoms with Crippen LogP contribution in [0.1, 0.15) is 11.1 Å². The molecule has 0 bridgehead atoms. The van der Waals surface area contributed by atoms with E-state index in [-0.39, 0.29) is 22.0 Å². The predicted molar refractivity (Wildman–Crippen MR) is 134 cm³/mol. The number of carbonyl (C=O) groups is 1. The number of hydrogen-bond acceptors (Lipinski definition) is 5. The number of benzene rings is 2. The van der Waals surface area contributed by atoms with Crippen LogP contribution >= 0.6 is 11.6 Å². The van der Waals surface area contributed by atoms with Crippen LogP contribution < -0.4 is 21.5 Å². The Morgan fingerprint density at radius 3 is 2.43 bits per heavy atom. The Hall–Kier alpha value is -4.19. The van der Waals surface area contributed by atoms with E-state index in [0.717, 1.165) is 18.2 Å². The number of amides is 2. The third-order valence-corrected chi connectivity index (χ3v) is 5.90. The van der Waals surface area contributed by atoms with Gasteiger partial charge >= 0.3 is 12.2 Å². The van der Waals surface area contributed by atoms with Crippen LogP contribution in [-0.2, 0) is 13.2 Å². The number of anilines is 3. The van der Waals surface area contributed by atoms with Gasteiger partial charge in [-0.1, -0.05) is 11.6 Å². The molecule has 2 aromatic heterocycles. The highest BCUT2D eigenvalue weighted by atomic mass is 35.5. The van der Waals surface area contributed by atoms with Crippen molar-refractivity contribution in [2.75, 3.05) is 23.0 Å². The van der Waals surface area contributed by atoms with E-state index in [1.165, 1.54) is 23.9 Å². The molecule has 2 heterocycles. The zero-order valence-corrected chi connectivity index (χ0v) is 20.3. The molecular weight excluding hydrogens is 516 g/mol. The van der Waals surface area contributed by atoms with E-state index in [9.17, 15) is 27.2 Å². The van der Waals surface area contributed by atoms with Gasteiger partial charge in [0, 0.05) is 31.2 Å². The summed E-state index contributed by atoms with van der Waals surface area (Å²) in [5.41, 5.74) is -0.733. The minimum absolute atomic E-state index is 0.142. The number of halogens is 5. The third kappa shape index (κ3) is 5.19. The van der Waals surface area contributed by atoms with Crippen molar-refractivity contribution in [2.24, 2.45) is 7.05 Å². The van der Waals surface area contributed by atoms with Crippen LogP contribution in [0.3, 0.4) is 0 Å². The predicted octanol–water partition coefficient (Wildman–Crippen LogP) is 5.80. The molecule has 2 aromatic carbocycles. The molecule has 3 N–H and O–H groups in total. The summed E-state index contributed by atoms with van der Waals surface area (Å²) < 4.78 is 55.1. The maximum Gasteiger partial charge on any atom is 0.416 e. The van der Waals surface area contributed by atoms with Gasteiger partial charge in [-0.05, 0) is 54.4 Å². The average molecular weight is 535 g/mol. The number of nitrogens with one attached hydrogen (secondary N) is 3. The lowest BCUT2D eigenvalue weighted by Gasteiger charge is -2.15. The van der Waals surface area contributed by atoms with Crippen LogP contribution in [0.25, 0.3) is 22.2 Å². The number of rotatable bonds is 4. The van der Waals surface area contributed by atoms with Crippen molar-refractivity contribution in [3.63, 3.8) is 0 Å². The van der Waals surface area contributed by atoms with Crippen molar-refractivity contribution in [3.05, 3.63) is 74.9 Å². The molecule has 4 rings (SSSR count). The number of pyridine rings is 1. The summed E-state index contributed by atoms with van der Waals surface area (Å²) in [5, 5.41) is 7.65. The van der Waals surface area contributed by atoms with Crippen molar-refractivity contribution in [1.82, 2.24) is 14.5 Å². The molecule has 0 spiro atoms. The summed E-state index contributed by atoms with van der Waals surface area (Å²) in [6, 6.07) is 5.35. The van der Waals surface area contributed by atoms with Crippen LogP contribution in [-0.4, -0.2) is 27.6 Å².